The molecule has 3 aromatic rings. The maximum absolute atomic E-state index is 13.3. The van der Waals surface area contributed by atoms with Crippen LogP contribution >= 0.6 is 0 Å². The van der Waals surface area contributed by atoms with Gasteiger partial charge in [0.05, 0.1) is 12.8 Å². The Hall–Kier alpha value is -3.06. The zero-order chi connectivity index (χ0) is 20.2. The number of nitrogens with zero attached hydrogens (tertiary/aromatic N) is 1. The molecule has 2 atom stereocenters. The third-order valence-electron chi connectivity index (χ3n) is 5.97. The molecule has 5 rings (SSSR count). The van der Waals surface area contributed by atoms with Crippen LogP contribution in [0.2, 0.25) is 0 Å². The van der Waals surface area contributed by atoms with Crippen molar-refractivity contribution in [2.24, 2.45) is 5.92 Å². The highest BCUT2D eigenvalue weighted by molar-refractivity contribution is 7.95. The Labute approximate surface area is 169 Å². The molecule has 1 saturated carbocycles. The van der Waals surface area contributed by atoms with E-state index in [1.165, 1.54) is 4.31 Å². The number of nitrogens with one attached hydrogen (secondary N) is 1. The molecule has 1 aliphatic heterocycles. The molecular formula is C22H20N2O4S. The predicted molar refractivity (Wildman–Crippen MR) is 113 cm³/mol. The number of methoxy groups -OCH3 is 1. The van der Waals surface area contributed by atoms with Gasteiger partial charge in [0.25, 0.3) is 0 Å². The maximum atomic E-state index is 13.3. The molecule has 148 valence electrons. The number of anilines is 2. The monoisotopic (exact) mass is 408 g/mol. The van der Waals surface area contributed by atoms with E-state index in [-0.39, 0.29) is 5.92 Å². The number of hydrogen-bond acceptors (Lipinski definition) is 4. The standard InChI is InChI=1S/C22H20N2O4S/c1-28-20-12-11-19(17-9-5-6-10-18(17)20)23-21(25)22-13-15(22)14-24(29(22,26)27)16-7-3-2-4-8-16/h2-12,15H,13-14H2,1H3,(H,23,25)/t15-,22+/m1/s1. The van der Waals surface area contributed by atoms with Crippen LogP contribution in [0.25, 0.3) is 10.8 Å². The maximum Gasteiger partial charge on any atom is 0.250 e. The van der Waals surface area contributed by atoms with E-state index in [9.17, 15) is 13.2 Å². The average Bonchev–Trinajstić information content (AvgIpc) is 3.44. The highest BCUT2D eigenvalue weighted by Gasteiger charge is 2.75. The van der Waals surface area contributed by atoms with Gasteiger partial charge in [-0.2, -0.15) is 0 Å². The third kappa shape index (κ3) is 2.47. The van der Waals surface area contributed by atoms with E-state index in [1.807, 2.05) is 30.3 Å². The quantitative estimate of drug-likeness (QED) is 0.718. The summed E-state index contributed by atoms with van der Waals surface area (Å²) in [6, 6.07) is 20.0. The van der Waals surface area contributed by atoms with Crippen molar-refractivity contribution in [3.8, 4) is 5.75 Å². The van der Waals surface area contributed by atoms with Crippen LogP contribution in [0.5, 0.6) is 5.75 Å². The predicted octanol–water partition coefficient (Wildman–Crippen LogP) is 3.40. The zero-order valence-electron chi connectivity index (χ0n) is 15.8. The van der Waals surface area contributed by atoms with Gasteiger partial charge in [-0.15, -0.1) is 0 Å². The first-order chi connectivity index (χ1) is 14.0. The minimum atomic E-state index is -3.80. The molecule has 0 aromatic heterocycles. The van der Waals surface area contributed by atoms with Gasteiger partial charge in [0.15, 0.2) is 4.75 Å². The number of ether oxygens (including phenoxy) is 1. The molecule has 2 aliphatic rings. The van der Waals surface area contributed by atoms with Crippen LogP contribution in [0.15, 0.2) is 66.7 Å². The summed E-state index contributed by atoms with van der Waals surface area (Å²) >= 11 is 0. The Morgan fingerprint density at radius 2 is 1.72 bits per heavy atom. The number of para-hydroxylation sites is 1. The van der Waals surface area contributed by atoms with Gasteiger partial charge in [-0.25, -0.2) is 8.42 Å². The lowest BCUT2D eigenvalue weighted by molar-refractivity contribution is -0.116. The van der Waals surface area contributed by atoms with Crippen LogP contribution in [0, 0.1) is 5.92 Å². The van der Waals surface area contributed by atoms with Crippen LogP contribution in [-0.4, -0.2) is 32.7 Å². The summed E-state index contributed by atoms with van der Waals surface area (Å²) in [6.45, 7) is 0.336. The smallest absolute Gasteiger partial charge is 0.250 e. The number of carbonyl (C=O) groups is 1. The summed E-state index contributed by atoms with van der Waals surface area (Å²) in [7, 11) is -2.20. The molecule has 7 heteroatoms. The van der Waals surface area contributed by atoms with Crippen LogP contribution < -0.4 is 14.4 Å². The Balaban J connectivity index is 1.49. The van der Waals surface area contributed by atoms with E-state index >= 15 is 0 Å². The molecule has 1 N–H and O–H groups in total. The number of amides is 1. The Bertz CT molecular complexity index is 1230. The number of fused-ring (bicyclic) bond motifs is 2. The third-order valence-corrected chi connectivity index (χ3v) is 8.51. The summed E-state index contributed by atoms with van der Waals surface area (Å²) < 4.78 is 32.0. The van der Waals surface area contributed by atoms with E-state index < -0.39 is 20.7 Å². The van der Waals surface area contributed by atoms with E-state index in [0.717, 1.165) is 10.8 Å². The fourth-order valence-electron chi connectivity index (χ4n) is 4.35. The lowest BCUT2D eigenvalue weighted by atomic mass is 10.1. The first-order valence-corrected chi connectivity index (χ1v) is 10.9. The van der Waals surface area contributed by atoms with Gasteiger partial charge in [-0.3, -0.25) is 9.10 Å². The second kappa shape index (κ2) is 6.22. The summed E-state index contributed by atoms with van der Waals surface area (Å²) in [6.07, 6.45) is 0.360. The van der Waals surface area contributed by atoms with Crippen molar-refractivity contribution in [3.05, 3.63) is 66.7 Å². The van der Waals surface area contributed by atoms with Gasteiger partial charge >= 0.3 is 0 Å². The second-order valence-electron chi connectivity index (χ2n) is 7.48. The number of sulfonamides is 1. The molecule has 0 unspecified atom stereocenters. The molecule has 0 radical (unpaired) electrons. The SMILES string of the molecule is COc1ccc(NC(=O)[C@]23C[C@@H]2CN(c2ccccc2)S3(=O)=O)c2ccccc12. The van der Waals surface area contributed by atoms with Crippen molar-refractivity contribution < 1.29 is 17.9 Å². The van der Waals surface area contributed by atoms with Crippen molar-refractivity contribution >= 4 is 38.1 Å². The normalized spacial score (nSPS) is 24.2. The summed E-state index contributed by atoms with van der Waals surface area (Å²) in [5, 5.41) is 4.56. The molecule has 6 nitrogen and oxygen atoms in total. The number of hydrogen-bond donors (Lipinski definition) is 1. The molecule has 0 bridgehead atoms. The van der Waals surface area contributed by atoms with Crippen molar-refractivity contribution in [2.75, 3.05) is 23.3 Å². The summed E-state index contributed by atoms with van der Waals surface area (Å²) in [5.41, 5.74) is 1.18. The molecule has 29 heavy (non-hydrogen) atoms. The van der Waals surface area contributed by atoms with Gasteiger partial charge in [-0.05, 0) is 30.7 Å². The van der Waals surface area contributed by atoms with Crippen molar-refractivity contribution in [1.82, 2.24) is 0 Å². The lowest BCUT2D eigenvalue weighted by Gasteiger charge is -2.23. The average molecular weight is 408 g/mol. The Morgan fingerprint density at radius 1 is 1.03 bits per heavy atom. The lowest BCUT2D eigenvalue weighted by Crippen LogP contribution is -2.42. The molecule has 1 aliphatic carbocycles. The molecule has 1 heterocycles. The molecule has 0 spiro atoms. The van der Waals surface area contributed by atoms with Crippen molar-refractivity contribution in [3.63, 3.8) is 0 Å². The minimum Gasteiger partial charge on any atom is -0.496 e. The number of rotatable bonds is 4. The minimum absolute atomic E-state index is 0.197. The highest BCUT2D eigenvalue weighted by atomic mass is 32.2. The molecule has 2 fully saturated rings. The zero-order valence-corrected chi connectivity index (χ0v) is 16.6. The van der Waals surface area contributed by atoms with Crippen LogP contribution in [0.1, 0.15) is 6.42 Å². The largest absolute Gasteiger partial charge is 0.496 e. The highest BCUT2D eigenvalue weighted by Crippen LogP contribution is 2.58. The van der Waals surface area contributed by atoms with Gasteiger partial charge in [0.1, 0.15) is 5.75 Å². The van der Waals surface area contributed by atoms with Gasteiger partial charge in [0.2, 0.25) is 15.9 Å². The first kappa shape index (κ1) is 18.0. The summed E-state index contributed by atoms with van der Waals surface area (Å²) in [4.78, 5) is 13.2. The molecule has 1 saturated heterocycles. The van der Waals surface area contributed by atoms with E-state index in [0.29, 0.717) is 30.1 Å². The van der Waals surface area contributed by atoms with Gasteiger partial charge < -0.3 is 10.1 Å². The molecule has 3 aromatic carbocycles. The van der Waals surface area contributed by atoms with Crippen molar-refractivity contribution in [1.29, 1.82) is 0 Å². The first-order valence-electron chi connectivity index (χ1n) is 9.43. The second-order valence-corrected chi connectivity index (χ2v) is 9.60. The Kier molecular flexibility index (Phi) is 3.86. The van der Waals surface area contributed by atoms with E-state index in [2.05, 4.69) is 5.32 Å². The Morgan fingerprint density at radius 3 is 2.45 bits per heavy atom. The molecular weight excluding hydrogens is 388 g/mol. The van der Waals surface area contributed by atoms with Crippen LogP contribution in [0.4, 0.5) is 11.4 Å². The van der Waals surface area contributed by atoms with Crippen LogP contribution in [0.3, 0.4) is 0 Å². The van der Waals surface area contributed by atoms with E-state index in [4.69, 9.17) is 4.74 Å². The fraction of sp³-hybridized carbons (Fsp3) is 0.227. The van der Waals surface area contributed by atoms with Crippen LogP contribution in [-0.2, 0) is 14.8 Å². The number of benzene rings is 3. The molecule has 1 amide bonds. The summed E-state index contributed by atoms with van der Waals surface area (Å²) in [5.74, 6) is 0.0401. The van der Waals surface area contributed by atoms with Gasteiger partial charge in [-0.1, -0.05) is 42.5 Å². The fourth-order valence-corrected chi connectivity index (χ4v) is 6.71. The number of carbonyl (C=O) groups excluding carboxylic acids is 1. The van der Waals surface area contributed by atoms with E-state index in [1.54, 1.807) is 43.5 Å². The van der Waals surface area contributed by atoms with Gasteiger partial charge in [0, 0.05) is 28.9 Å². The van der Waals surface area contributed by atoms with Crippen molar-refractivity contribution in [2.45, 2.75) is 11.2 Å². The topological polar surface area (TPSA) is 75.7 Å².